The molecule has 0 spiro atoms. The SMILES string of the molecule is Bc1cc2c(Oc3ccc4c(C(=O)C(=C)C5CC5)cccc4c3)ccnc2cc1OCC1(N(C)C)CC1. The average Bonchev–Trinajstić information content (AvgIpc) is 3.81. The molecule has 0 N–H and O–H groups in total. The molecular weight excluding hydrogens is 459 g/mol. The summed E-state index contributed by atoms with van der Waals surface area (Å²) >= 11 is 0. The summed E-state index contributed by atoms with van der Waals surface area (Å²) in [5.74, 6) is 2.71. The van der Waals surface area contributed by atoms with Gasteiger partial charge < -0.3 is 14.4 Å². The highest BCUT2D eigenvalue weighted by molar-refractivity contribution is 6.35. The summed E-state index contributed by atoms with van der Waals surface area (Å²) in [6.45, 7) is 4.74. The Kier molecular flexibility index (Phi) is 5.80. The first-order chi connectivity index (χ1) is 17.8. The predicted molar refractivity (Wildman–Crippen MR) is 151 cm³/mol. The molecule has 186 valence electrons. The molecule has 0 saturated heterocycles. The van der Waals surface area contributed by atoms with Crippen molar-refractivity contribution in [3.63, 3.8) is 0 Å². The van der Waals surface area contributed by atoms with Crippen LogP contribution in [0, 0.1) is 5.92 Å². The highest BCUT2D eigenvalue weighted by atomic mass is 16.5. The van der Waals surface area contributed by atoms with Gasteiger partial charge in [0, 0.05) is 23.2 Å². The van der Waals surface area contributed by atoms with E-state index in [1.165, 1.54) is 12.8 Å². The molecule has 2 fully saturated rings. The first-order valence-corrected chi connectivity index (χ1v) is 13.0. The van der Waals surface area contributed by atoms with Crippen molar-refractivity contribution in [2.24, 2.45) is 5.92 Å². The van der Waals surface area contributed by atoms with Gasteiger partial charge in [0.15, 0.2) is 5.78 Å². The largest absolute Gasteiger partial charge is 0.492 e. The molecule has 0 unspecified atom stereocenters. The number of fused-ring (bicyclic) bond motifs is 2. The zero-order valence-electron chi connectivity index (χ0n) is 21.7. The highest BCUT2D eigenvalue weighted by Crippen LogP contribution is 2.41. The smallest absolute Gasteiger partial charge is 0.189 e. The number of Topliss-reactive ketones (excluding diaryl/α,β-unsaturated/α-hetero) is 1. The fourth-order valence-corrected chi connectivity index (χ4v) is 5.02. The minimum atomic E-state index is 0.0496. The Labute approximate surface area is 218 Å². The lowest BCUT2D eigenvalue weighted by Gasteiger charge is -2.24. The van der Waals surface area contributed by atoms with Crippen LogP contribution in [-0.4, -0.2) is 49.8 Å². The van der Waals surface area contributed by atoms with Crippen molar-refractivity contribution in [3.05, 3.63) is 78.5 Å². The van der Waals surface area contributed by atoms with Crippen molar-refractivity contribution >= 4 is 40.8 Å². The first kappa shape index (κ1) is 23.7. The number of carbonyl (C=O) groups excluding carboxylic acids is 1. The number of nitrogens with zero attached hydrogens (tertiary/aromatic N) is 2. The van der Waals surface area contributed by atoms with Gasteiger partial charge in [-0.25, -0.2) is 0 Å². The number of carbonyl (C=O) groups is 1. The van der Waals surface area contributed by atoms with E-state index in [4.69, 9.17) is 9.47 Å². The van der Waals surface area contributed by atoms with Gasteiger partial charge in [0.25, 0.3) is 0 Å². The van der Waals surface area contributed by atoms with Crippen molar-refractivity contribution in [3.8, 4) is 17.2 Å². The Morgan fingerprint density at radius 2 is 1.89 bits per heavy atom. The predicted octanol–water partition coefficient (Wildman–Crippen LogP) is 5.06. The third-order valence-electron chi connectivity index (χ3n) is 7.96. The third kappa shape index (κ3) is 4.51. The van der Waals surface area contributed by atoms with Gasteiger partial charge in [-0.2, -0.15) is 0 Å². The summed E-state index contributed by atoms with van der Waals surface area (Å²) in [5, 5.41) is 2.82. The topological polar surface area (TPSA) is 51.7 Å². The van der Waals surface area contributed by atoms with E-state index in [2.05, 4.69) is 44.5 Å². The molecule has 0 atom stereocenters. The summed E-state index contributed by atoms with van der Waals surface area (Å²) in [4.78, 5) is 19.9. The highest BCUT2D eigenvalue weighted by Gasteiger charge is 2.45. The molecule has 3 aromatic carbocycles. The molecule has 2 aliphatic rings. The summed E-state index contributed by atoms with van der Waals surface area (Å²) in [7, 11) is 6.29. The van der Waals surface area contributed by atoms with E-state index in [9.17, 15) is 4.79 Å². The third-order valence-corrected chi connectivity index (χ3v) is 7.96. The zero-order valence-corrected chi connectivity index (χ0v) is 21.7. The standard InChI is InChI=1S/C31H31BN2O3/c1-19(20-7-8-20)30(35)24-6-4-5-21-15-22(9-10-23(21)24)37-28-11-14-33-27-17-29(26(32)16-25(27)28)36-18-31(12-13-31)34(2)3/h4-6,9-11,14-17,20H,1,7-8,12-13,18,32H2,2-3H3. The van der Waals surface area contributed by atoms with Crippen LogP contribution in [0.5, 0.6) is 17.2 Å². The van der Waals surface area contributed by atoms with Crippen LogP contribution in [0.2, 0.25) is 0 Å². The number of aromatic nitrogens is 1. The van der Waals surface area contributed by atoms with Crippen LogP contribution in [0.25, 0.3) is 21.7 Å². The first-order valence-electron chi connectivity index (χ1n) is 13.0. The van der Waals surface area contributed by atoms with Gasteiger partial charge in [-0.3, -0.25) is 9.78 Å². The van der Waals surface area contributed by atoms with Gasteiger partial charge in [0.1, 0.15) is 31.7 Å². The van der Waals surface area contributed by atoms with Gasteiger partial charge in [0.05, 0.1) is 11.1 Å². The van der Waals surface area contributed by atoms with E-state index >= 15 is 0 Å². The second-order valence-electron chi connectivity index (χ2n) is 10.8. The molecule has 4 aromatic rings. The molecule has 0 amide bonds. The quantitative estimate of drug-likeness (QED) is 0.187. The van der Waals surface area contributed by atoms with Crippen molar-refractivity contribution < 1.29 is 14.3 Å². The maximum absolute atomic E-state index is 13.0. The van der Waals surface area contributed by atoms with Gasteiger partial charge in [-0.05, 0) is 91.8 Å². The second kappa shape index (κ2) is 9.03. The van der Waals surface area contributed by atoms with Gasteiger partial charge in [-0.1, -0.05) is 30.8 Å². The van der Waals surface area contributed by atoms with Crippen molar-refractivity contribution in [2.75, 3.05) is 20.7 Å². The molecule has 0 aliphatic heterocycles. The van der Waals surface area contributed by atoms with Crippen molar-refractivity contribution in [2.45, 2.75) is 31.2 Å². The van der Waals surface area contributed by atoms with Crippen LogP contribution >= 0.6 is 0 Å². The molecule has 1 aromatic heterocycles. The van der Waals surface area contributed by atoms with E-state index in [-0.39, 0.29) is 11.3 Å². The second-order valence-corrected chi connectivity index (χ2v) is 10.8. The van der Waals surface area contributed by atoms with E-state index in [1.54, 1.807) is 6.20 Å². The maximum Gasteiger partial charge on any atom is 0.189 e. The minimum Gasteiger partial charge on any atom is -0.492 e. The van der Waals surface area contributed by atoms with Gasteiger partial charge >= 0.3 is 0 Å². The normalized spacial score (nSPS) is 16.2. The molecule has 2 aliphatic carbocycles. The lowest BCUT2D eigenvalue weighted by Crippen LogP contribution is -2.36. The van der Waals surface area contributed by atoms with E-state index in [1.807, 2.05) is 48.5 Å². The number of likely N-dealkylation sites (N-methyl/N-ethyl adjacent to an activating group) is 1. The molecule has 1 heterocycles. The van der Waals surface area contributed by atoms with E-state index < -0.39 is 0 Å². The van der Waals surface area contributed by atoms with Crippen LogP contribution in [0.4, 0.5) is 0 Å². The molecular formula is C31H31BN2O3. The molecule has 0 radical (unpaired) electrons. The maximum atomic E-state index is 13.0. The number of ketones is 1. The lowest BCUT2D eigenvalue weighted by atomic mass is 9.93. The van der Waals surface area contributed by atoms with Crippen LogP contribution in [0.1, 0.15) is 36.0 Å². The Morgan fingerprint density at radius 3 is 2.62 bits per heavy atom. The Bertz CT molecular complexity index is 1550. The lowest BCUT2D eigenvalue weighted by molar-refractivity contribution is 0.103. The molecule has 5 nitrogen and oxygen atoms in total. The van der Waals surface area contributed by atoms with Crippen molar-refractivity contribution in [1.82, 2.24) is 9.88 Å². The number of hydrogen-bond acceptors (Lipinski definition) is 5. The minimum absolute atomic E-state index is 0.0496. The van der Waals surface area contributed by atoms with Crippen molar-refractivity contribution in [1.29, 1.82) is 0 Å². The van der Waals surface area contributed by atoms with Gasteiger partial charge in [0.2, 0.25) is 0 Å². The zero-order chi connectivity index (χ0) is 25.7. The van der Waals surface area contributed by atoms with Crippen LogP contribution in [0.3, 0.4) is 0 Å². The molecule has 37 heavy (non-hydrogen) atoms. The number of pyridine rings is 1. The summed E-state index contributed by atoms with van der Waals surface area (Å²) in [6, 6.07) is 17.7. The Balaban J connectivity index is 1.27. The molecule has 0 bridgehead atoms. The Morgan fingerprint density at radius 1 is 1.08 bits per heavy atom. The van der Waals surface area contributed by atoms with E-state index in [0.717, 1.165) is 57.1 Å². The number of rotatable bonds is 9. The summed E-state index contributed by atoms with van der Waals surface area (Å²) < 4.78 is 12.6. The number of ether oxygens (including phenoxy) is 2. The fraction of sp³-hybridized carbons (Fsp3) is 0.290. The molecule has 6 heteroatoms. The van der Waals surface area contributed by atoms with Crippen LogP contribution < -0.4 is 14.9 Å². The fourth-order valence-electron chi connectivity index (χ4n) is 5.02. The summed E-state index contributed by atoms with van der Waals surface area (Å²) in [5.41, 5.74) is 3.48. The van der Waals surface area contributed by atoms with Crippen LogP contribution in [0.15, 0.2) is 72.9 Å². The number of hydrogen-bond donors (Lipinski definition) is 0. The number of allylic oxidation sites excluding steroid dienone is 1. The molecule has 6 rings (SSSR count). The number of benzene rings is 3. The molecule has 2 saturated carbocycles. The monoisotopic (exact) mass is 490 g/mol. The summed E-state index contributed by atoms with van der Waals surface area (Å²) in [6.07, 6.45) is 6.23. The van der Waals surface area contributed by atoms with Gasteiger partial charge in [-0.15, -0.1) is 0 Å². The van der Waals surface area contributed by atoms with E-state index in [0.29, 0.717) is 23.8 Å². The Hall–Kier alpha value is -3.64. The average molecular weight is 490 g/mol. The van der Waals surface area contributed by atoms with Crippen LogP contribution in [-0.2, 0) is 0 Å².